The first-order valence-corrected chi connectivity index (χ1v) is 7.42. The van der Waals surface area contributed by atoms with E-state index in [1.807, 2.05) is 25.1 Å². The standard InChI is InChI=1S/C16H16INO3/c1-10-8-11(17)4-6-14(10)18-16(19)13-9-12(20-2)5-7-15(13)21-3/h4-9H,1-3H3,(H,18,19). The molecule has 0 bridgehead atoms. The third kappa shape index (κ3) is 3.66. The van der Waals surface area contributed by atoms with Crippen LogP contribution in [0.2, 0.25) is 0 Å². The summed E-state index contributed by atoms with van der Waals surface area (Å²) in [6.45, 7) is 1.96. The molecule has 0 unspecified atom stereocenters. The zero-order valence-electron chi connectivity index (χ0n) is 12.1. The summed E-state index contributed by atoms with van der Waals surface area (Å²) >= 11 is 2.24. The number of methoxy groups -OCH3 is 2. The lowest BCUT2D eigenvalue weighted by molar-refractivity contribution is 0.102. The second kappa shape index (κ2) is 6.80. The van der Waals surface area contributed by atoms with Crippen molar-refractivity contribution in [2.45, 2.75) is 6.92 Å². The molecule has 0 atom stereocenters. The molecule has 2 aromatic carbocycles. The van der Waals surface area contributed by atoms with Crippen molar-refractivity contribution < 1.29 is 14.3 Å². The SMILES string of the molecule is COc1ccc(OC)c(C(=O)Nc2ccc(I)cc2C)c1. The predicted molar refractivity (Wildman–Crippen MR) is 91.4 cm³/mol. The third-order valence-corrected chi connectivity index (χ3v) is 3.76. The molecule has 2 rings (SSSR count). The molecule has 0 fully saturated rings. The highest BCUT2D eigenvalue weighted by molar-refractivity contribution is 14.1. The number of benzene rings is 2. The van der Waals surface area contributed by atoms with Gasteiger partial charge in [0, 0.05) is 9.26 Å². The first-order valence-electron chi connectivity index (χ1n) is 6.34. The number of halogens is 1. The van der Waals surface area contributed by atoms with E-state index in [0.29, 0.717) is 17.1 Å². The van der Waals surface area contributed by atoms with E-state index in [2.05, 4.69) is 27.9 Å². The smallest absolute Gasteiger partial charge is 0.259 e. The van der Waals surface area contributed by atoms with Gasteiger partial charge in [-0.15, -0.1) is 0 Å². The summed E-state index contributed by atoms with van der Waals surface area (Å²) in [5.41, 5.74) is 2.23. The van der Waals surface area contributed by atoms with E-state index in [1.165, 1.54) is 7.11 Å². The first-order chi connectivity index (χ1) is 10.0. The maximum absolute atomic E-state index is 12.5. The van der Waals surface area contributed by atoms with Crippen LogP contribution in [-0.2, 0) is 0 Å². The quantitative estimate of drug-likeness (QED) is 0.797. The molecule has 110 valence electrons. The molecule has 0 aliphatic carbocycles. The molecular formula is C16H16INO3. The van der Waals surface area contributed by atoms with Gasteiger partial charge < -0.3 is 14.8 Å². The summed E-state index contributed by atoms with van der Waals surface area (Å²) in [5, 5.41) is 2.90. The van der Waals surface area contributed by atoms with Crippen molar-refractivity contribution in [3.05, 3.63) is 51.1 Å². The van der Waals surface area contributed by atoms with Crippen LogP contribution in [0.4, 0.5) is 5.69 Å². The summed E-state index contributed by atoms with van der Waals surface area (Å²) in [5.74, 6) is 0.895. The van der Waals surface area contributed by atoms with Crippen molar-refractivity contribution in [1.82, 2.24) is 0 Å². The lowest BCUT2D eigenvalue weighted by Gasteiger charge is -2.12. The molecule has 5 heteroatoms. The number of hydrogen-bond donors (Lipinski definition) is 1. The first kappa shape index (κ1) is 15.6. The van der Waals surface area contributed by atoms with Crippen molar-refractivity contribution in [2.75, 3.05) is 19.5 Å². The molecule has 1 amide bonds. The van der Waals surface area contributed by atoms with Crippen LogP contribution in [-0.4, -0.2) is 20.1 Å². The monoisotopic (exact) mass is 397 g/mol. The Hall–Kier alpha value is -1.76. The van der Waals surface area contributed by atoms with E-state index >= 15 is 0 Å². The summed E-state index contributed by atoms with van der Waals surface area (Å²) in [6.07, 6.45) is 0. The molecule has 21 heavy (non-hydrogen) atoms. The Labute approximate surface area is 137 Å². The van der Waals surface area contributed by atoms with Crippen LogP contribution in [0.3, 0.4) is 0 Å². The van der Waals surface area contributed by atoms with Gasteiger partial charge >= 0.3 is 0 Å². The van der Waals surface area contributed by atoms with Crippen molar-refractivity contribution in [2.24, 2.45) is 0 Å². The van der Waals surface area contributed by atoms with E-state index in [4.69, 9.17) is 9.47 Å². The van der Waals surface area contributed by atoms with Crippen molar-refractivity contribution in [1.29, 1.82) is 0 Å². The second-order valence-electron chi connectivity index (χ2n) is 4.48. The third-order valence-electron chi connectivity index (χ3n) is 3.09. The molecule has 0 saturated carbocycles. The zero-order chi connectivity index (χ0) is 15.4. The van der Waals surface area contributed by atoms with Crippen molar-refractivity contribution in [3.8, 4) is 11.5 Å². The fraction of sp³-hybridized carbons (Fsp3) is 0.188. The topological polar surface area (TPSA) is 47.6 Å². The fourth-order valence-corrected chi connectivity index (χ4v) is 2.60. The minimum atomic E-state index is -0.227. The van der Waals surface area contributed by atoms with Gasteiger partial charge in [0.15, 0.2) is 0 Å². The van der Waals surface area contributed by atoms with Gasteiger partial charge in [0.25, 0.3) is 5.91 Å². The molecular weight excluding hydrogens is 381 g/mol. The molecule has 0 aliphatic rings. The van der Waals surface area contributed by atoms with Gasteiger partial charge in [-0.3, -0.25) is 4.79 Å². The van der Waals surface area contributed by atoms with Crippen LogP contribution in [0, 0.1) is 10.5 Å². The maximum Gasteiger partial charge on any atom is 0.259 e. The summed E-state index contributed by atoms with van der Waals surface area (Å²) in [4.78, 5) is 12.5. The molecule has 0 aromatic heterocycles. The Morgan fingerprint density at radius 3 is 2.48 bits per heavy atom. The Balaban J connectivity index is 2.31. The molecule has 0 radical (unpaired) electrons. The molecule has 0 spiro atoms. The molecule has 0 aliphatic heterocycles. The molecule has 2 aromatic rings. The van der Waals surface area contributed by atoms with E-state index < -0.39 is 0 Å². The number of aryl methyl sites for hydroxylation is 1. The van der Waals surface area contributed by atoms with Crippen LogP contribution in [0.25, 0.3) is 0 Å². The van der Waals surface area contributed by atoms with Gasteiger partial charge in [0.05, 0.1) is 19.8 Å². The number of ether oxygens (including phenoxy) is 2. The Bertz CT molecular complexity index is 671. The minimum Gasteiger partial charge on any atom is -0.497 e. The normalized spacial score (nSPS) is 10.1. The highest BCUT2D eigenvalue weighted by atomic mass is 127. The van der Waals surface area contributed by atoms with Crippen LogP contribution in [0.15, 0.2) is 36.4 Å². The van der Waals surface area contributed by atoms with Crippen LogP contribution >= 0.6 is 22.6 Å². The second-order valence-corrected chi connectivity index (χ2v) is 5.73. The Kier molecular flexibility index (Phi) is 5.06. The lowest BCUT2D eigenvalue weighted by atomic mass is 10.1. The van der Waals surface area contributed by atoms with Gasteiger partial charge in [0.1, 0.15) is 11.5 Å². The predicted octanol–water partition coefficient (Wildman–Crippen LogP) is 3.87. The molecule has 0 saturated heterocycles. The van der Waals surface area contributed by atoms with Gasteiger partial charge in [0.2, 0.25) is 0 Å². The van der Waals surface area contributed by atoms with Crippen molar-refractivity contribution in [3.63, 3.8) is 0 Å². The summed E-state index contributed by atoms with van der Waals surface area (Å²) in [6, 6.07) is 11.0. The fourth-order valence-electron chi connectivity index (χ4n) is 1.95. The number of anilines is 1. The van der Waals surface area contributed by atoms with E-state index in [9.17, 15) is 4.79 Å². The van der Waals surface area contributed by atoms with Crippen LogP contribution in [0.1, 0.15) is 15.9 Å². The number of carbonyl (C=O) groups excluding carboxylic acids is 1. The van der Waals surface area contributed by atoms with Gasteiger partial charge in [-0.2, -0.15) is 0 Å². The molecule has 1 N–H and O–H groups in total. The zero-order valence-corrected chi connectivity index (χ0v) is 14.2. The van der Waals surface area contributed by atoms with Gasteiger partial charge in [-0.25, -0.2) is 0 Å². The number of rotatable bonds is 4. The maximum atomic E-state index is 12.5. The Morgan fingerprint density at radius 1 is 1.10 bits per heavy atom. The van der Waals surface area contributed by atoms with Crippen molar-refractivity contribution >= 4 is 34.2 Å². The van der Waals surface area contributed by atoms with Crippen LogP contribution < -0.4 is 14.8 Å². The largest absolute Gasteiger partial charge is 0.497 e. The lowest BCUT2D eigenvalue weighted by Crippen LogP contribution is -2.14. The molecule has 4 nitrogen and oxygen atoms in total. The summed E-state index contributed by atoms with van der Waals surface area (Å²) < 4.78 is 11.5. The number of carbonyl (C=O) groups is 1. The van der Waals surface area contributed by atoms with E-state index in [0.717, 1.165) is 14.8 Å². The summed E-state index contributed by atoms with van der Waals surface area (Å²) in [7, 11) is 3.10. The van der Waals surface area contributed by atoms with Gasteiger partial charge in [-0.1, -0.05) is 0 Å². The average Bonchev–Trinajstić information content (AvgIpc) is 2.49. The van der Waals surface area contributed by atoms with Gasteiger partial charge in [-0.05, 0) is 71.5 Å². The number of hydrogen-bond acceptors (Lipinski definition) is 3. The highest BCUT2D eigenvalue weighted by Gasteiger charge is 2.14. The Morgan fingerprint density at radius 2 is 1.86 bits per heavy atom. The highest BCUT2D eigenvalue weighted by Crippen LogP contribution is 2.26. The van der Waals surface area contributed by atoms with Crippen LogP contribution in [0.5, 0.6) is 11.5 Å². The van der Waals surface area contributed by atoms with E-state index in [1.54, 1.807) is 25.3 Å². The molecule has 0 heterocycles. The number of amides is 1. The number of nitrogens with one attached hydrogen (secondary N) is 1. The minimum absolute atomic E-state index is 0.227. The average molecular weight is 397 g/mol. The van der Waals surface area contributed by atoms with E-state index in [-0.39, 0.29) is 5.91 Å².